The lowest BCUT2D eigenvalue weighted by atomic mass is 9.99. The molecule has 0 radical (unpaired) electrons. The zero-order valence-electron chi connectivity index (χ0n) is 26.8. The van der Waals surface area contributed by atoms with Crippen molar-refractivity contribution in [3.05, 3.63) is 164 Å². The Labute approximate surface area is 287 Å². The molecule has 10 aromatic rings. The van der Waals surface area contributed by atoms with Gasteiger partial charge < -0.3 is 0 Å². The summed E-state index contributed by atoms with van der Waals surface area (Å²) in [6.45, 7) is 0. The zero-order chi connectivity index (χ0) is 33.0. The summed E-state index contributed by atoms with van der Waals surface area (Å²) in [6, 6.07) is 50.9. The minimum Gasteiger partial charge on any atom is -0.265 e. The Morgan fingerprint density at radius 2 is 0.840 bits per heavy atom. The van der Waals surface area contributed by atoms with Crippen molar-refractivity contribution in [3.8, 4) is 44.9 Å². The molecule has 5 nitrogen and oxygen atoms in total. The third-order valence-corrected chi connectivity index (χ3v) is 9.55. The molecule has 5 heterocycles. The minimum absolute atomic E-state index is 0.926. The van der Waals surface area contributed by atoms with E-state index in [1.807, 2.05) is 24.4 Å². The highest BCUT2D eigenvalue weighted by molar-refractivity contribution is 6.03. The number of aromatic nitrogens is 5. The van der Waals surface area contributed by atoms with Crippen LogP contribution in [0.1, 0.15) is 0 Å². The van der Waals surface area contributed by atoms with E-state index in [0.717, 1.165) is 99.3 Å². The molecule has 0 spiro atoms. The maximum atomic E-state index is 5.07. The average molecular weight is 638 g/mol. The van der Waals surface area contributed by atoms with E-state index < -0.39 is 0 Å². The highest BCUT2D eigenvalue weighted by atomic mass is 14.8. The summed E-state index contributed by atoms with van der Waals surface area (Å²) in [5.41, 5.74) is 12.1. The molecule has 0 aliphatic rings. The summed E-state index contributed by atoms with van der Waals surface area (Å²) in [5.74, 6) is 0. The molecule has 50 heavy (non-hydrogen) atoms. The van der Waals surface area contributed by atoms with E-state index in [9.17, 15) is 0 Å². The van der Waals surface area contributed by atoms with Crippen LogP contribution in [0.5, 0.6) is 0 Å². The summed E-state index contributed by atoms with van der Waals surface area (Å²) >= 11 is 0. The minimum atomic E-state index is 0.926. The molecule has 0 saturated heterocycles. The number of benzene rings is 5. The number of hydrogen-bond donors (Lipinski definition) is 0. The van der Waals surface area contributed by atoms with Gasteiger partial charge in [-0.15, -0.1) is 0 Å². The highest BCUT2D eigenvalue weighted by Crippen LogP contribution is 2.32. The number of hydrogen-bond acceptors (Lipinski definition) is 5. The van der Waals surface area contributed by atoms with E-state index >= 15 is 0 Å². The molecule has 5 heteroatoms. The predicted molar refractivity (Wildman–Crippen MR) is 205 cm³/mol. The Morgan fingerprint density at radius 1 is 0.300 bits per heavy atom. The van der Waals surface area contributed by atoms with Crippen LogP contribution in [-0.4, -0.2) is 24.9 Å². The standard InChI is InChI=1S/C45H27N5/c1-2-30-4-5-31-12-16-42(50-45(31)44(30)47-21-1)37-10-8-32-24-36(9-7-33(32)25-37)41-18-14-38-26-34(13-17-40(38)48-41)35-6-3-28-11-15-39(49-43(28)27-35)29-19-22-46-23-20-29/h1-27H. The molecule has 10 rings (SSSR count). The van der Waals surface area contributed by atoms with Gasteiger partial charge in [0.2, 0.25) is 0 Å². The molecule has 0 bridgehead atoms. The fraction of sp³-hybridized carbons (Fsp3) is 0. The van der Waals surface area contributed by atoms with Crippen molar-refractivity contribution in [3.63, 3.8) is 0 Å². The monoisotopic (exact) mass is 637 g/mol. The van der Waals surface area contributed by atoms with E-state index in [1.165, 1.54) is 0 Å². The molecule has 232 valence electrons. The molecular formula is C45H27N5. The van der Waals surface area contributed by atoms with Gasteiger partial charge in [0.15, 0.2) is 0 Å². The normalized spacial score (nSPS) is 11.6. The molecule has 0 amide bonds. The van der Waals surface area contributed by atoms with Gasteiger partial charge in [-0.25, -0.2) is 15.0 Å². The van der Waals surface area contributed by atoms with Gasteiger partial charge in [0, 0.05) is 56.8 Å². The fourth-order valence-corrected chi connectivity index (χ4v) is 6.90. The summed E-state index contributed by atoms with van der Waals surface area (Å²) in [5, 5.41) is 6.72. The average Bonchev–Trinajstić information content (AvgIpc) is 3.19. The second-order valence-corrected chi connectivity index (χ2v) is 12.6. The number of pyridine rings is 5. The zero-order valence-corrected chi connectivity index (χ0v) is 26.8. The van der Waals surface area contributed by atoms with Crippen molar-refractivity contribution in [2.24, 2.45) is 0 Å². The second kappa shape index (κ2) is 11.4. The summed E-state index contributed by atoms with van der Waals surface area (Å²) in [4.78, 5) is 23.8. The van der Waals surface area contributed by atoms with E-state index in [0.29, 0.717) is 0 Å². The van der Waals surface area contributed by atoms with Crippen LogP contribution in [0.2, 0.25) is 0 Å². The van der Waals surface area contributed by atoms with Gasteiger partial charge in [-0.2, -0.15) is 0 Å². The van der Waals surface area contributed by atoms with Crippen molar-refractivity contribution in [1.82, 2.24) is 24.9 Å². The fourth-order valence-electron chi connectivity index (χ4n) is 6.90. The van der Waals surface area contributed by atoms with Gasteiger partial charge in [0.25, 0.3) is 0 Å². The molecule has 0 saturated carbocycles. The van der Waals surface area contributed by atoms with E-state index in [4.69, 9.17) is 15.0 Å². The SMILES string of the molecule is c1cnc2c(c1)ccc1ccc(-c3ccc4cc(-c5ccc6cc(-c7ccc8ccc(-c9ccncc9)nc8c7)ccc6n5)ccc4c3)nc12. The first-order valence-electron chi connectivity index (χ1n) is 16.6. The van der Waals surface area contributed by atoms with Crippen LogP contribution >= 0.6 is 0 Å². The maximum absolute atomic E-state index is 5.07. The lowest BCUT2D eigenvalue weighted by molar-refractivity contribution is 1.31. The van der Waals surface area contributed by atoms with Gasteiger partial charge in [-0.3, -0.25) is 9.97 Å². The Kier molecular flexibility index (Phi) is 6.42. The molecule has 0 aliphatic heterocycles. The van der Waals surface area contributed by atoms with Gasteiger partial charge in [0.1, 0.15) is 0 Å². The van der Waals surface area contributed by atoms with Gasteiger partial charge in [0.05, 0.1) is 39.1 Å². The molecule has 0 N–H and O–H groups in total. The maximum Gasteiger partial charge on any atom is 0.0972 e. The molecular weight excluding hydrogens is 611 g/mol. The molecule has 0 fully saturated rings. The number of rotatable bonds is 4. The molecule has 0 unspecified atom stereocenters. The van der Waals surface area contributed by atoms with Crippen LogP contribution in [-0.2, 0) is 0 Å². The summed E-state index contributed by atoms with van der Waals surface area (Å²) < 4.78 is 0. The van der Waals surface area contributed by atoms with Crippen molar-refractivity contribution in [2.75, 3.05) is 0 Å². The van der Waals surface area contributed by atoms with Crippen LogP contribution in [0.15, 0.2) is 164 Å². The Bertz CT molecular complexity index is 2940. The van der Waals surface area contributed by atoms with Crippen LogP contribution in [0.4, 0.5) is 0 Å². The molecule has 0 aliphatic carbocycles. The second-order valence-electron chi connectivity index (χ2n) is 12.6. The van der Waals surface area contributed by atoms with Gasteiger partial charge in [-0.1, -0.05) is 78.9 Å². The van der Waals surface area contributed by atoms with Crippen molar-refractivity contribution < 1.29 is 0 Å². The summed E-state index contributed by atoms with van der Waals surface area (Å²) in [6.07, 6.45) is 5.42. The Hall–Kier alpha value is -6.85. The van der Waals surface area contributed by atoms with E-state index in [-0.39, 0.29) is 0 Å². The Balaban J connectivity index is 0.950. The van der Waals surface area contributed by atoms with Crippen LogP contribution in [0.3, 0.4) is 0 Å². The first-order valence-corrected chi connectivity index (χ1v) is 16.6. The van der Waals surface area contributed by atoms with E-state index in [1.54, 1.807) is 12.4 Å². The number of fused-ring (bicyclic) bond motifs is 6. The Morgan fingerprint density at radius 3 is 1.64 bits per heavy atom. The molecule has 5 aromatic carbocycles. The largest absolute Gasteiger partial charge is 0.265 e. The topological polar surface area (TPSA) is 64.5 Å². The first-order chi connectivity index (χ1) is 24.7. The van der Waals surface area contributed by atoms with Crippen LogP contribution in [0.25, 0.3) is 99.3 Å². The summed E-state index contributed by atoms with van der Waals surface area (Å²) in [7, 11) is 0. The van der Waals surface area contributed by atoms with Crippen molar-refractivity contribution in [1.29, 1.82) is 0 Å². The van der Waals surface area contributed by atoms with E-state index in [2.05, 4.69) is 137 Å². The van der Waals surface area contributed by atoms with Crippen LogP contribution in [0, 0.1) is 0 Å². The smallest absolute Gasteiger partial charge is 0.0972 e. The number of nitrogens with zero attached hydrogens (tertiary/aromatic N) is 5. The lowest BCUT2D eigenvalue weighted by Crippen LogP contribution is -1.89. The molecule has 5 aromatic heterocycles. The third kappa shape index (κ3) is 4.92. The van der Waals surface area contributed by atoms with Gasteiger partial charge >= 0.3 is 0 Å². The predicted octanol–water partition coefficient (Wildman–Crippen LogP) is 11.1. The third-order valence-electron chi connectivity index (χ3n) is 9.55. The quantitative estimate of drug-likeness (QED) is 0.180. The lowest BCUT2D eigenvalue weighted by Gasteiger charge is -2.09. The van der Waals surface area contributed by atoms with Crippen LogP contribution < -0.4 is 0 Å². The van der Waals surface area contributed by atoms with Gasteiger partial charge in [-0.05, 0) is 88.6 Å². The highest BCUT2D eigenvalue weighted by Gasteiger charge is 2.10. The van der Waals surface area contributed by atoms with Crippen molar-refractivity contribution in [2.45, 2.75) is 0 Å². The molecule has 0 atom stereocenters. The first kappa shape index (κ1) is 28.2. The van der Waals surface area contributed by atoms with Crippen molar-refractivity contribution >= 4 is 54.4 Å².